The molecule has 0 aromatic heterocycles. The molecule has 1 atom stereocenters. The van der Waals surface area contributed by atoms with Crippen molar-refractivity contribution in [2.24, 2.45) is 5.84 Å². The van der Waals surface area contributed by atoms with Crippen molar-refractivity contribution in [1.29, 1.82) is 0 Å². The van der Waals surface area contributed by atoms with Gasteiger partial charge in [-0.1, -0.05) is 30.3 Å². The summed E-state index contributed by atoms with van der Waals surface area (Å²) in [5, 5.41) is 0. The molecule has 0 fully saturated rings. The Balaban J connectivity index is 2.28. The average molecular weight is 282 g/mol. The lowest BCUT2D eigenvalue weighted by atomic mass is 9.83. The fourth-order valence-corrected chi connectivity index (χ4v) is 2.68. The summed E-state index contributed by atoms with van der Waals surface area (Å²) >= 11 is 0. The number of hydrogen-bond donors (Lipinski definition) is 2. The molecule has 3 rings (SSSR count). The Morgan fingerprint density at radius 2 is 1.81 bits per heavy atom. The first kappa shape index (κ1) is 13.3. The number of Topliss-reactive ketones (excluding diaryl/α,β-unsaturated/α-hetero) is 1. The first-order valence-corrected chi connectivity index (χ1v) is 6.54. The topological polar surface area (TPSA) is 81.4 Å². The van der Waals surface area contributed by atoms with Crippen LogP contribution in [0.25, 0.3) is 0 Å². The van der Waals surface area contributed by atoms with Gasteiger partial charge in [-0.15, -0.1) is 0 Å². The van der Waals surface area contributed by atoms with Gasteiger partial charge in [0.1, 0.15) is 11.5 Å². The van der Waals surface area contributed by atoms with Crippen molar-refractivity contribution in [2.75, 3.05) is 0 Å². The van der Waals surface area contributed by atoms with Crippen LogP contribution in [0.1, 0.15) is 34.3 Å². The number of fused-ring (bicyclic) bond motifs is 2. The fraction of sp³-hybridized carbons (Fsp3) is 0.125. The largest absolute Gasteiger partial charge is 0.457 e. The van der Waals surface area contributed by atoms with Crippen LogP contribution in [0.5, 0.6) is 11.5 Å². The number of nitrogens with one attached hydrogen (secondary N) is 1. The fourth-order valence-electron chi connectivity index (χ4n) is 2.68. The summed E-state index contributed by atoms with van der Waals surface area (Å²) in [5.41, 5.74) is 3.90. The van der Waals surface area contributed by atoms with Gasteiger partial charge < -0.3 is 4.74 Å². The van der Waals surface area contributed by atoms with Gasteiger partial charge in [-0.05, 0) is 19.1 Å². The molecule has 2 aromatic rings. The molecule has 5 nitrogen and oxygen atoms in total. The van der Waals surface area contributed by atoms with Gasteiger partial charge in [0.05, 0.1) is 5.92 Å². The molecule has 0 radical (unpaired) electrons. The van der Waals surface area contributed by atoms with E-state index in [1.807, 2.05) is 12.1 Å². The van der Waals surface area contributed by atoms with E-state index >= 15 is 0 Å². The van der Waals surface area contributed by atoms with Gasteiger partial charge in [0.2, 0.25) is 5.91 Å². The molecule has 0 spiro atoms. The molecule has 21 heavy (non-hydrogen) atoms. The number of hydrazine groups is 1. The highest BCUT2D eigenvalue weighted by molar-refractivity contribution is 6.00. The van der Waals surface area contributed by atoms with Gasteiger partial charge in [0, 0.05) is 16.7 Å². The number of amides is 1. The number of rotatable bonds is 2. The molecular weight excluding hydrogens is 268 g/mol. The molecule has 1 amide bonds. The van der Waals surface area contributed by atoms with Crippen LogP contribution < -0.4 is 16.0 Å². The molecule has 3 N–H and O–H groups in total. The van der Waals surface area contributed by atoms with Crippen LogP contribution in [0, 0.1) is 0 Å². The smallest absolute Gasteiger partial charge is 0.246 e. The van der Waals surface area contributed by atoms with E-state index in [0.717, 1.165) is 0 Å². The highest BCUT2D eigenvalue weighted by Gasteiger charge is 2.34. The molecule has 2 aromatic carbocycles. The van der Waals surface area contributed by atoms with E-state index in [1.54, 1.807) is 30.3 Å². The van der Waals surface area contributed by atoms with Crippen molar-refractivity contribution >= 4 is 11.7 Å². The lowest BCUT2D eigenvalue weighted by molar-refractivity contribution is -0.121. The second-order valence-electron chi connectivity index (χ2n) is 4.86. The molecule has 106 valence electrons. The van der Waals surface area contributed by atoms with Crippen molar-refractivity contribution in [1.82, 2.24) is 5.43 Å². The number of para-hydroxylation sites is 1. The second-order valence-corrected chi connectivity index (χ2v) is 4.86. The van der Waals surface area contributed by atoms with Crippen LogP contribution in [0.15, 0.2) is 42.5 Å². The van der Waals surface area contributed by atoms with Crippen molar-refractivity contribution in [3.05, 3.63) is 59.2 Å². The number of benzene rings is 2. The van der Waals surface area contributed by atoms with E-state index in [0.29, 0.717) is 28.2 Å². The van der Waals surface area contributed by atoms with Gasteiger partial charge >= 0.3 is 0 Å². The van der Waals surface area contributed by atoms with E-state index < -0.39 is 5.92 Å². The Kier molecular flexibility index (Phi) is 3.19. The van der Waals surface area contributed by atoms with Crippen molar-refractivity contribution < 1.29 is 14.3 Å². The van der Waals surface area contributed by atoms with E-state index in [4.69, 9.17) is 10.6 Å². The number of nitrogens with two attached hydrogens (primary N) is 1. The van der Waals surface area contributed by atoms with E-state index in [2.05, 4.69) is 5.43 Å². The summed E-state index contributed by atoms with van der Waals surface area (Å²) < 4.78 is 5.82. The standard InChI is InChI=1S/C16H14N2O3/c1-9(19)10-6-4-8-13-14(10)15(16(20)18-17)11-5-2-3-7-12(11)21-13/h2-8,15H,17H2,1H3,(H,18,20). The molecule has 1 aliphatic rings. The molecular formula is C16H14N2O3. The number of hydrogen-bond acceptors (Lipinski definition) is 4. The number of carbonyl (C=O) groups excluding carboxylic acids is 2. The maximum absolute atomic E-state index is 12.3. The summed E-state index contributed by atoms with van der Waals surface area (Å²) in [6.45, 7) is 1.47. The third-order valence-electron chi connectivity index (χ3n) is 3.59. The number of ether oxygens (including phenoxy) is 1. The molecule has 0 saturated carbocycles. The summed E-state index contributed by atoms with van der Waals surface area (Å²) in [4.78, 5) is 24.1. The van der Waals surface area contributed by atoms with E-state index in [1.165, 1.54) is 6.92 Å². The molecule has 1 aliphatic heterocycles. The Morgan fingerprint density at radius 1 is 1.10 bits per heavy atom. The average Bonchev–Trinajstić information content (AvgIpc) is 2.51. The molecule has 5 heteroatoms. The summed E-state index contributed by atoms with van der Waals surface area (Å²) in [6.07, 6.45) is 0. The van der Waals surface area contributed by atoms with Gasteiger partial charge in [0.25, 0.3) is 0 Å². The van der Waals surface area contributed by atoms with Crippen molar-refractivity contribution in [3.8, 4) is 11.5 Å². The predicted molar refractivity (Wildman–Crippen MR) is 77.1 cm³/mol. The van der Waals surface area contributed by atoms with Gasteiger partial charge in [-0.3, -0.25) is 15.0 Å². The third-order valence-corrected chi connectivity index (χ3v) is 3.59. The highest BCUT2D eigenvalue weighted by atomic mass is 16.5. The quantitative estimate of drug-likeness (QED) is 0.382. The zero-order valence-electron chi connectivity index (χ0n) is 11.4. The van der Waals surface area contributed by atoms with Crippen LogP contribution in [-0.2, 0) is 4.79 Å². The first-order valence-electron chi connectivity index (χ1n) is 6.54. The van der Waals surface area contributed by atoms with Crippen LogP contribution in [0.4, 0.5) is 0 Å². The molecule has 1 unspecified atom stereocenters. The lowest BCUT2D eigenvalue weighted by Gasteiger charge is -2.28. The molecule has 1 heterocycles. The SMILES string of the molecule is CC(=O)c1cccc2c1C(C(=O)NN)c1ccccc1O2. The third kappa shape index (κ3) is 2.08. The van der Waals surface area contributed by atoms with Crippen molar-refractivity contribution in [3.63, 3.8) is 0 Å². The van der Waals surface area contributed by atoms with E-state index in [9.17, 15) is 9.59 Å². The van der Waals surface area contributed by atoms with Crippen LogP contribution in [0.3, 0.4) is 0 Å². The summed E-state index contributed by atoms with van der Waals surface area (Å²) in [6, 6.07) is 12.4. The lowest BCUT2D eigenvalue weighted by Crippen LogP contribution is -2.36. The maximum Gasteiger partial charge on any atom is 0.246 e. The van der Waals surface area contributed by atoms with Crippen molar-refractivity contribution in [2.45, 2.75) is 12.8 Å². The zero-order valence-corrected chi connectivity index (χ0v) is 11.4. The molecule has 0 bridgehead atoms. The Labute approximate surface area is 121 Å². The zero-order chi connectivity index (χ0) is 15.0. The minimum Gasteiger partial charge on any atom is -0.457 e. The minimum absolute atomic E-state index is 0.121. The number of ketones is 1. The van der Waals surface area contributed by atoms with E-state index in [-0.39, 0.29) is 11.7 Å². The Hall–Kier alpha value is -2.66. The second kappa shape index (κ2) is 5.03. The monoisotopic (exact) mass is 282 g/mol. The minimum atomic E-state index is -0.657. The van der Waals surface area contributed by atoms with Crippen LogP contribution in [0.2, 0.25) is 0 Å². The van der Waals surface area contributed by atoms with Gasteiger partial charge in [-0.25, -0.2) is 5.84 Å². The molecule has 0 aliphatic carbocycles. The van der Waals surface area contributed by atoms with Crippen LogP contribution in [-0.4, -0.2) is 11.7 Å². The normalized spacial score (nSPS) is 15.4. The summed E-state index contributed by atoms with van der Waals surface area (Å²) in [7, 11) is 0. The van der Waals surface area contributed by atoms with Crippen LogP contribution >= 0.6 is 0 Å². The molecule has 0 saturated heterocycles. The highest BCUT2D eigenvalue weighted by Crippen LogP contribution is 2.45. The number of carbonyl (C=O) groups is 2. The predicted octanol–water partition coefficient (Wildman–Crippen LogP) is 2.12. The van der Waals surface area contributed by atoms with Gasteiger partial charge in [-0.2, -0.15) is 0 Å². The Bertz CT molecular complexity index is 740. The van der Waals surface area contributed by atoms with Gasteiger partial charge in [0.15, 0.2) is 5.78 Å². The summed E-state index contributed by atoms with van der Waals surface area (Å²) in [5.74, 6) is 5.27. The maximum atomic E-state index is 12.3. The Morgan fingerprint density at radius 3 is 2.52 bits per heavy atom. The first-order chi connectivity index (χ1) is 10.1.